The molecule has 0 aromatic carbocycles. The summed E-state index contributed by atoms with van der Waals surface area (Å²) in [5.74, 6) is 0.472. The Hall–Kier alpha value is -2.62. The molecule has 1 fully saturated rings. The van der Waals surface area contributed by atoms with Gasteiger partial charge in [-0.15, -0.1) is 11.3 Å². The highest BCUT2D eigenvalue weighted by Crippen LogP contribution is 2.31. The summed E-state index contributed by atoms with van der Waals surface area (Å²) in [5, 5.41) is 17.6. The zero-order valence-corrected chi connectivity index (χ0v) is 16.2. The first kappa shape index (κ1) is 17.5. The zero-order valence-electron chi connectivity index (χ0n) is 15.4. The van der Waals surface area contributed by atoms with Crippen LogP contribution in [0, 0.1) is 6.92 Å². The summed E-state index contributed by atoms with van der Waals surface area (Å²) in [7, 11) is 0. The van der Waals surface area contributed by atoms with Gasteiger partial charge in [0.1, 0.15) is 5.69 Å². The van der Waals surface area contributed by atoms with Crippen LogP contribution in [-0.2, 0) is 6.61 Å². The molecule has 8 nitrogen and oxygen atoms in total. The fraction of sp³-hybridized carbons (Fsp3) is 0.368. The Morgan fingerprint density at radius 1 is 1.21 bits per heavy atom. The molecular weight excluding hydrogens is 376 g/mol. The number of nitrogens with one attached hydrogen (secondary N) is 1. The first-order valence-corrected chi connectivity index (χ1v) is 10.1. The molecule has 28 heavy (non-hydrogen) atoms. The van der Waals surface area contributed by atoms with E-state index < -0.39 is 0 Å². The first-order valence-electron chi connectivity index (χ1n) is 9.33. The summed E-state index contributed by atoms with van der Waals surface area (Å²) in [6, 6.07) is 3.26. The van der Waals surface area contributed by atoms with Gasteiger partial charge in [-0.25, -0.2) is 14.5 Å². The molecule has 1 saturated heterocycles. The fourth-order valence-electron chi connectivity index (χ4n) is 3.74. The van der Waals surface area contributed by atoms with Gasteiger partial charge < -0.3 is 10.4 Å². The van der Waals surface area contributed by atoms with E-state index in [2.05, 4.69) is 15.4 Å². The molecular formula is C19H20N6O2S. The number of hydrogen-bond donors (Lipinski definition) is 2. The molecule has 1 aliphatic rings. The van der Waals surface area contributed by atoms with E-state index in [9.17, 15) is 9.90 Å². The largest absolute Gasteiger partial charge is 0.392 e. The molecule has 4 aromatic rings. The predicted molar refractivity (Wildman–Crippen MR) is 107 cm³/mol. The van der Waals surface area contributed by atoms with Gasteiger partial charge in [0.2, 0.25) is 0 Å². The number of aliphatic hydroxyl groups is 1. The quantitative estimate of drug-likeness (QED) is 0.547. The lowest BCUT2D eigenvalue weighted by molar-refractivity contribution is 0.282. The van der Waals surface area contributed by atoms with E-state index in [0.29, 0.717) is 33.5 Å². The average molecular weight is 396 g/mol. The van der Waals surface area contributed by atoms with E-state index in [0.717, 1.165) is 31.6 Å². The van der Waals surface area contributed by atoms with Crippen LogP contribution < -0.4 is 10.9 Å². The van der Waals surface area contributed by atoms with Gasteiger partial charge in [-0.05, 0) is 44.8 Å². The van der Waals surface area contributed by atoms with E-state index in [1.807, 2.05) is 13.1 Å². The molecule has 5 rings (SSSR count). The van der Waals surface area contributed by atoms with Crippen LogP contribution in [0.3, 0.4) is 0 Å². The summed E-state index contributed by atoms with van der Waals surface area (Å²) in [4.78, 5) is 23.7. The van der Waals surface area contributed by atoms with Crippen molar-refractivity contribution >= 4 is 21.9 Å². The van der Waals surface area contributed by atoms with E-state index in [4.69, 9.17) is 4.98 Å². The summed E-state index contributed by atoms with van der Waals surface area (Å²) >= 11 is 1.57. The monoisotopic (exact) mass is 396 g/mol. The van der Waals surface area contributed by atoms with Gasteiger partial charge in [-0.1, -0.05) is 0 Å². The maximum absolute atomic E-state index is 12.7. The second-order valence-corrected chi connectivity index (χ2v) is 8.19. The van der Waals surface area contributed by atoms with Gasteiger partial charge in [0, 0.05) is 22.7 Å². The van der Waals surface area contributed by atoms with Crippen molar-refractivity contribution in [3.8, 4) is 11.4 Å². The number of hydrogen-bond acceptors (Lipinski definition) is 7. The van der Waals surface area contributed by atoms with Gasteiger partial charge in [0.05, 0.1) is 24.2 Å². The minimum atomic E-state index is -0.157. The maximum atomic E-state index is 12.7. The van der Waals surface area contributed by atoms with Crippen molar-refractivity contribution in [2.24, 2.45) is 0 Å². The van der Waals surface area contributed by atoms with Crippen LogP contribution in [0.2, 0.25) is 0 Å². The molecule has 1 aliphatic heterocycles. The molecule has 0 spiro atoms. The van der Waals surface area contributed by atoms with Gasteiger partial charge in [0.15, 0.2) is 10.6 Å². The topological polar surface area (TPSA) is 96.8 Å². The number of fused-ring (bicyclic) bond motifs is 2. The van der Waals surface area contributed by atoms with Crippen LogP contribution >= 0.6 is 11.3 Å². The minimum absolute atomic E-state index is 0.120. The zero-order chi connectivity index (χ0) is 19.3. The van der Waals surface area contributed by atoms with E-state index in [1.165, 1.54) is 10.9 Å². The molecule has 0 unspecified atom stereocenters. The van der Waals surface area contributed by atoms with Crippen LogP contribution in [0.15, 0.2) is 29.3 Å². The van der Waals surface area contributed by atoms with Gasteiger partial charge >= 0.3 is 0 Å². The Morgan fingerprint density at radius 2 is 2.04 bits per heavy atom. The number of rotatable bonds is 3. The highest BCUT2D eigenvalue weighted by atomic mass is 32.1. The normalized spacial score (nSPS) is 15.6. The molecule has 0 amide bonds. The Labute approximate surface area is 164 Å². The Balaban J connectivity index is 1.63. The molecule has 0 saturated carbocycles. The van der Waals surface area contributed by atoms with E-state index >= 15 is 0 Å². The second-order valence-electron chi connectivity index (χ2n) is 7.15. The van der Waals surface area contributed by atoms with Gasteiger partial charge in [-0.2, -0.15) is 5.10 Å². The van der Waals surface area contributed by atoms with E-state index in [-0.39, 0.29) is 12.2 Å². The Morgan fingerprint density at radius 3 is 2.82 bits per heavy atom. The average Bonchev–Trinajstić information content (AvgIpc) is 3.30. The minimum Gasteiger partial charge on any atom is -0.392 e. The van der Waals surface area contributed by atoms with Gasteiger partial charge in [-0.3, -0.25) is 9.20 Å². The number of aryl methyl sites for hydroxylation is 1. The number of piperidine rings is 1. The molecule has 9 heteroatoms. The standard InChI is InChI=1S/C19H20N6O2S/c1-11-8-25-18(21-11)13(10-26)6-15(23-25)14-7-17(27)24-9-16(28-19(24)22-14)12-2-4-20-5-3-12/h6-9,12,20,26H,2-5,10H2,1H3. The van der Waals surface area contributed by atoms with Crippen molar-refractivity contribution < 1.29 is 5.11 Å². The lowest BCUT2D eigenvalue weighted by atomic mass is 9.97. The fourth-order valence-corrected chi connectivity index (χ4v) is 4.90. The smallest absolute Gasteiger partial charge is 0.259 e. The summed E-state index contributed by atoms with van der Waals surface area (Å²) < 4.78 is 3.26. The Bertz CT molecular complexity index is 1230. The Kier molecular flexibility index (Phi) is 4.22. The van der Waals surface area contributed by atoms with E-state index in [1.54, 1.807) is 32.5 Å². The number of nitrogens with zero attached hydrogens (tertiary/aromatic N) is 5. The third-order valence-corrected chi connectivity index (χ3v) is 6.33. The van der Waals surface area contributed by atoms with Crippen LogP contribution in [0.25, 0.3) is 22.0 Å². The number of aliphatic hydroxyl groups excluding tert-OH is 1. The predicted octanol–water partition coefficient (Wildman–Crippen LogP) is 1.73. The summed E-state index contributed by atoms with van der Waals surface area (Å²) in [6.45, 7) is 3.73. The molecule has 0 radical (unpaired) electrons. The summed E-state index contributed by atoms with van der Waals surface area (Å²) in [5.41, 5.74) is 3.02. The van der Waals surface area contributed by atoms with Crippen LogP contribution in [0.1, 0.15) is 34.9 Å². The number of thiazole rings is 1. The highest BCUT2D eigenvalue weighted by Gasteiger charge is 2.19. The van der Waals surface area contributed by atoms with Crippen molar-refractivity contribution in [1.82, 2.24) is 29.3 Å². The molecule has 0 aliphatic carbocycles. The summed E-state index contributed by atoms with van der Waals surface area (Å²) in [6.07, 6.45) is 5.88. The molecule has 0 atom stereocenters. The van der Waals surface area contributed by atoms with Crippen LogP contribution in [0.4, 0.5) is 0 Å². The van der Waals surface area contributed by atoms with Crippen molar-refractivity contribution in [2.75, 3.05) is 13.1 Å². The number of aromatic nitrogens is 5. The second kappa shape index (κ2) is 6.77. The van der Waals surface area contributed by atoms with Crippen molar-refractivity contribution in [1.29, 1.82) is 0 Å². The SMILES string of the molecule is Cc1cn2nc(-c3cc(=O)n4cc(C5CCNCC5)sc4n3)cc(CO)c2n1. The lowest BCUT2D eigenvalue weighted by Gasteiger charge is -2.20. The van der Waals surface area contributed by atoms with Crippen molar-refractivity contribution in [3.05, 3.63) is 51.0 Å². The van der Waals surface area contributed by atoms with Crippen molar-refractivity contribution in [3.63, 3.8) is 0 Å². The third kappa shape index (κ3) is 2.92. The maximum Gasteiger partial charge on any atom is 0.259 e. The third-order valence-electron chi connectivity index (χ3n) is 5.18. The molecule has 2 N–H and O–H groups in total. The lowest BCUT2D eigenvalue weighted by Crippen LogP contribution is -2.26. The molecule has 4 aromatic heterocycles. The molecule has 5 heterocycles. The van der Waals surface area contributed by atoms with Crippen LogP contribution in [-0.4, -0.2) is 42.2 Å². The molecule has 144 valence electrons. The number of imidazole rings is 1. The highest BCUT2D eigenvalue weighted by molar-refractivity contribution is 7.17. The van der Waals surface area contributed by atoms with Crippen LogP contribution in [0.5, 0.6) is 0 Å². The molecule has 0 bridgehead atoms. The first-order chi connectivity index (χ1) is 13.6. The van der Waals surface area contributed by atoms with Gasteiger partial charge in [0.25, 0.3) is 5.56 Å². The van der Waals surface area contributed by atoms with Crippen molar-refractivity contribution in [2.45, 2.75) is 32.3 Å².